The van der Waals surface area contributed by atoms with E-state index in [-0.39, 0.29) is 23.5 Å². The van der Waals surface area contributed by atoms with Crippen LogP contribution in [-0.2, 0) is 4.79 Å². The summed E-state index contributed by atoms with van der Waals surface area (Å²) < 4.78 is 7.00. The fourth-order valence-corrected chi connectivity index (χ4v) is 1.81. The lowest BCUT2D eigenvalue weighted by molar-refractivity contribution is -0.120. The third-order valence-electron chi connectivity index (χ3n) is 2.44. The normalized spacial score (nSPS) is 12.0. The van der Waals surface area contributed by atoms with Gasteiger partial charge in [-0.05, 0) is 45.4 Å². The van der Waals surface area contributed by atoms with Gasteiger partial charge >= 0.3 is 0 Å². The van der Waals surface area contributed by atoms with Crippen molar-refractivity contribution in [2.75, 3.05) is 0 Å². The summed E-state index contributed by atoms with van der Waals surface area (Å²) in [6, 6.07) is 0. The summed E-state index contributed by atoms with van der Waals surface area (Å²) in [5.41, 5.74) is -0.356. The van der Waals surface area contributed by atoms with E-state index in [4.69, 9.17) is 16.3 Å². The van der Waals surface area contributed by atoms with Crippen molar-refractivity contribution in [2.45, 2.75) is 46.3 Å². The van der Waals surface area contributed by atoms with Crippen LogP contribution < -0.4 is 10.1 Å². The van der Waals surface area contributed by atoms with E-state index in [2.05, 4.69) is 10.4 Å². The largest absolute Gasteiger partial charge is 0.474 e. The van der Waals surface area contributed by atoms with E-state index in [1.54, 1.807) is 12.3 Å². The van der Waals surface area contributed by atoms with Gasteiger partial charge in [0.25, 0.3) is 5.24 Å². The predicted octanol–water partition coefficient (Wildman–Crippen LogP) is 2.43. The quantitative estimate of drug-likeness (QED) is 0.819. The second-order valence-electron chi connectivity index (χ2n) is 5.47. The summed E-state index contributed by atoms with van der Waals surface area (Å²) in [6.07, 6.45) is 4.59. The molecule has 0 aliphatic heterocycles. The Morgan fingerprint density at radius 2 is 2.10 bits per heavy atom. The summed E-state index contributed by atoms with van der Waals surface area (Å²) in [5, 5.41) is 6.21. The third kappa shape index (κ3) is 5.23. The number of nitrogens with one attached hydrogen (secondary N) is 1. The molecule has 0 aliphatic rings. The average molecular weight is 314 g/mol. The molecular weight excluding hydrogens is 294 g/mol. The maximum absolute atomic E-state index is 11.4. The number of carbonyl (C=O) groups is 2. The minimum absolute atomic E-state index is 0.132. The number of nitrogens with zero attached hydrogens (tertiary/aromatic N) is 2. The number of hydrogen-bond donors (Lipinski definition) is 1. The molecule has 0 saturated heterocycles. The zero-order chi connectivity index (χ0) is 16.2. The smallest absolute Gasteiger partial charge is 0.259 e. The fraction of sp³-hybridized carbons (Fsp3) is 0.500. The first kappa shape index (κ1) is 17.2. The lowest BCUT2D eigenvalue weighted by atomic mass is 10.1. The number of amides is 1. The first-order chi connectivity index (χ1) is 9.62. The number of hydrogen-bond acceptors (Lipinski definition) is 4. The molecule has 21 heavy (non-hydrogen) atoms. The van der Waals surface area contributed by atoms with Crippen molar-refractivity contribution in [1.82, 2.24) is 15.1 Å². The Labute approximate surface area is 129 Å². The van der Waals surface area contributed by atoms with E-state index in [1.165, 1.54) is 17.8 Å². The van der Waals surface area contributed by atoms with Crippen LogP contribution in [0.5, 0.6) is 5.88 Å². The standard InChI is InChI=1S/C14H20ClN3O3/c1-9(2)21-13-11(12(15)20)8-16-18(13)7-6-14(4,5)17-10(3)19/h6-9H,1-5H3,(H,17,19)/b7-6+. The van der Waals surface area contributed by atoms with E-state index >= 15 is 0 Å². The molecule has 1 amide bonds. The molecule has 1 N–H and O–H groups in total. The van der Waals surface area contributed by atoms with Crippen molar-refractivity contribution in [1.29, 1.82) is 0 Å². The van der Waals surface area contributed by atoms with Crippen molar-refractivity contribution >= 4 is 29.0 Å². The Bertz CT molecular complexity index is 562. The van der Waals surface area contributed by atoms with Crippen LogP contribution in [0.4, 0.5) is 0 Å². The molecular formula is C14H20ClN3O3. The molecule has 0 atom stereocenters. The summed E-state index contributed by atoms with van der Waals surface area (Å²) in [6.45, 7) is 8.80. The lowest BCUT2D eigenvalue weighted by Crippen LogP contribution is -2.40. The second kappa shape index (κ2) is 6.76. The molecule has 0 aliphatic carbocycles. The summed E-state index contributed by atoms with van der Waals surface area (Å²) in [7, 11) is 0. The van der Waals surface area contributed by atoms with E-state index in [1.807, 2.05) is 27.7 Å². The highest BCUT2D eigenvalue weighted by molar-refractivity contribution is 6.68. The van der Waals surface area contributed by atoms with Gasteiger partial charge in [0.1, 0.15) is 5.56 Å². The van der Waals surface area contributed by atoms with Crippen molar-refractivity contribution in [3.8, 4) is 5.88 Å². The number of ether oxygens (including phenoxy) is 1. The molecule has 116 valence electrons. The first-order valence-corrected chi connectivity index (χ1v) is 6.92. The van der Waals surface area contributed by atoms with Crippen molar-refractivity contribution < 1.29 is 14.3 Å². The van der Waals surface area contributed by atoms with E-state index < -0.39 is 10.8 Å². The van der Waals surface area contributed by atoms with Gasteiger partial charge in [-0.25, -0.2) is 4.68 Å². The number of halogens is 1. The molecule has 0 aromatic carbocycles. The highest BCUT2D eigenvalue weighted by Gasteiger charge is 2.19. The molecule has 0 radical (unpaired) electrons. The Balaban J connectivity index is 3.08. The fourth-order valence-electron chi connectivity index (χ4n) is 1.69. The van der Waals surface area contributed by atoms with E-state index in [0.717, 1.165) is 0 Å². The van der Waals surface area contributed by atoms with Crippen LogP contribution in [0.15, 0.2) is 12.3 Å². The number of rotatable bonds is 6. The monoisotopic (exact) mass is 313 g/mol. The maximum Gasteiger partial charge on any atom is 0.259 e. The maximum atomic E-state index is 11.4. The zero-order valence-electron chi connectivity index (χ0n) is 12.8. The molecule has 1 aromatic rings. The summed E-state index contributed by atoms with van der Waals surface area (Å²) >= 11 is 5.51. The zero-order valence-corrected chi connectivity index (χ0v) is 13.6. The van der Waals surface area contributed by atoms with Gasteiger partial charge in [-0.15, -0.1) is 0 Å². The van der Waals surface area contributed by atoms with Gasteiger partial charge in [0.15, 0.2) is 0 Å². The van der Waals surface area contributed by atoms with Gasteiger partial charge < -0.3 is 10.1 Å². The Morgan fingerprint density at radius 3 is 2.57 bits per heavy atom. The molecule has 1 rings (SSSR count). The molecule has 0 fully saturated rings. The van der Waals surface area contributed by atoms with Crippen molar-refractivity contribution in [3.63, 3.8) is 0 Å². The van der Waals surface area contributed by atoms with Crippen LogP contribution in [0.2, 0.25) is 0 Å². The van der Waals surface area contributed by atoms with E-state index in [0.29, 0.717) is 0 Å². The van der Waals surface area contributed by atoms with Crippen LogP contribution in [0.25, 0.3) is 6.20 Å². The molecule has 0 unspecified atom stereocenters. The Kier molecular flexibility index (Phi) is 5.54. The van der Waals surface area contributed by atoms with Gasteiger partial charge in [0.2, 0.25) is 11.8 Å². The predicted molar refractivity (Wildman–Crippen MR) is 81.4 cm³/mol. The summed E-state index contributed by atoms with van der Waals surface area (Å²) in [5.74, 6) is 0.139. The number of carbonyl (C=O) groups excluding carboxylic acids is 2. The SMILES string of the molecule is CC(=O)NC(C)(C)/C=C/n1ncc(C(=O)Cl)c1OC(C)C. The minimum atomic E-state index is -0.633. The van der Waals surface area contributed by atoms with Crippen LogP contribution in [-0.4, -0.2) is 32.6 Å². The third-order valence-corrected chi connectivity index (χ3v) is 2.64. The first-order valence-electron chi connectivity index (χ1n) is 6.54. The average Bonchev–Trinajstić information content (AvgIpc) is 2.67. The minimum Gasteiger partial charge on any atom is -0.474 e. The molecule has 7 heteroatoms. The van der Waals surface area contributed by atoms with Gasteiger partial charge in [-0.2, -0.15) is 5.10 Å². The van der Waals surface area contributed by atoms with Crippen LogP contribution in [0.1, 0.15) is 45.0 Å². The van der Waals surface area contributed by atoms with Crippen molar-refractivity contribution in [3.05, 3.63) is 17.8 Å². The van der Waals surface area contributed by atoms with Crippen LogP contribution in [0, 0.1) is 0 Å². The van der Waals surface area contributed by atoms with Gasteiger partial charge in [-0.3, -0.25) is 9.59 Å². The van der Waals surface area contributed by atoms with Gasteiger partial charge in [0.05, 0.1) is 17.8 Å². The molecule has 0 bridgehead atoms. The molecule has 1 heterocycles. The highest BCUT2D eigenvalue weighted by Crippen LogP contribution is 2.22. The second-order valence-corrected chi connectivity index (χ2v) is 5.81. The Hall–Kier alpha value is -1.82. The molecule has 1 aromatic heterocycles. The van der Waals surface area contributed by atoms with E-state index in [9.17, 15) is 9.59 Å². The molecule has 0 saturated carbocycles. The summed E-state index contributed by atoms with van der Waals surface area (Å²) in [4.78, 5) is 22.5. The van der Waals surface area contributed by atoms with Crippen LogP contribution in [0.3, 0.4) is 0 Å². The Morgan fingerprint density at radius 1 is 1.48 bits per heavy atom. The van der Waals surface area contributed by atoms with Crippen LogP contribution >= 0.6 is 11.6 Å². The molecule has 0 spiro atoms. The topological polar surface area (TPSA) is 73.2 Å². The lowest BCUT2D eigenvalue weighted by Gasteiger charge is -2.21. The molecule has 6 nitrogen and oxygen atoms in total. The number of aromatic nitrogens is 2. The van der Waals surface area contributed by atoms with Gasteiger partial charge in [0, 0.05) is 13.1 Å². The highest BCUT2D eigenvalue weighted by atomic mass is 35.5. The van der Waals surface area contributed by atoms with Crippen molar-refractivity contribution in [2.24, 2.45) is 0 Å². The van der Waals surface area contributed by atoms with Gasteiger partial charge in [-0.1, -0.05) is 0 Å².